The van der Waals surface area contributed by atoms with Gasteiger partial charge in [0.1, 0.15) is 5.78 Å². The zero-order valence-electron chi connectivity index (χ0n) is 12.2. The predicted octanol–water partition coefficient (Wildman–Crippen LogP) is 0.947. The fourth-order valence-corrected chi connectivity index (χ4v) is 10.2. The minimum atomic E-state index is -0.700. The van der Waals surface area contributed by atoms with E-state index in [0.717, 1.165) is 0 Å². The van der Waals surface area contributed by atoms with E-state index in [2.05, 4.69) is 15.9 Å². The molecule has 6 aliphatic carbocycles. The highest BCUT2D eigenvalue weighted by atomic mass is 79.9. The first-order valence-electron chi connectivity index (χ1n) is 8.35. The fraction of sp³-hybridized carbons (Fsp3) is 0.938. The molecule has 2 aliphatic heterocycles. The van der Waals surface area contributed by atoms with Gasteiger partial charge in [-0.25, -0.2) is 0 Å². The molecule has 2 spiro atoms. The smallest absolute Gasteiger partial charge is 0.188 e. The zero-order chi connectivity index (χ0) is 14.7. The van der Waals surface area contributed by atoms with Gasteiger partial charge in [-0.05, 0) is 30.6 Å². The Morgan fingerprint density at radius 3 is 1.86 bits per heavy atom. The van der Waals surface area contributed by atoms with Gasteiger partial charge in [0.15, 0.2) is 11.6 Å². The van der Waals surface area contributed by atoms with E-state index in [0.29, 0.717) is 50.1 Å². The zero-order valence-corrected chi connectivity index (χ0v) is 13.8. The standard InChI is InChI=1S/C16H17BrO5/c1-6(18)13-7-9-8(13)11-12(15(13)19-2-3-20-15)10(7)14(9,17)16(11)21-4-5-22-16/h7-12H,2-5H2,1H3/t7-,8+,9+,10+,11+,12-,13+,14+/m1/s1. The van der Waals surface area contributed by atoms with Crippen molar-refractivity contribution < 1.29 is 23.7 Å². The summed E-state index contributed by atoms with van der Waals surface area (Å²) in [6.07, 6.45) is 0. The summed E-state index contributed by atoms with van der Waals surface area (Å²) in [4.78, 5) is 12.8. The Morgan fingerprint density at radius 1 is 0.818 bits per heavy atom. The second-order valence-electron chi connectivity index (χ2n) is 8.08. The van der Waals surface area contributed by atoms with E-state index < -0.39 is 17.0 Å². The van der Waals surface area contributed by atoms with Crippen molar-refractivity contribution in [3.63, 3.8) is 0 Å². The molecule has 0 aromatic heterocycles. The van der Waals surface area contributed by atoms with Crippen molar-refractivity contribution in [2.24, 2.45) is 40.9 Å². The van der Waals surface area contributed by atoms with Crippen LogP contribution in [0, 0.1) is 40.9 Å². The van der Waals surface area contributed by atoms with Gasteiger partial charge in [0.2, 0.25) is 0 Å². The van der Waals surface area contributed by atoms with Gasteiger partial charge in [0.25, 0.3) is 0 Å². The maximum atomic E-state index is 12.8. The van der Waals surface area contributed by atoms with Crippen molar-refractivity contribution in [2.45, 2.75) is 22.8 Å². The van der Waals surface area contributed by atoms with E-state index in [-0.39, 0.29) is 21.9 Å². The van der Waals surface area contributed by atoms with E-state index in [4.69, 9.17) is 18.9 Å². The highest BCUT2D eigenvalue weighted by Gasteiger charge is 3.09. The lowest BCUT2D eigenvalue weighted by Gasteiger charge is -2.70. The van der Waals surface area contributed by atoms with Crippen molar-refractivity contribution in [2.75, 3.05) is 26.4 Å². The summed E-state index contributed by atoms with van der Waals surface area (Å²) >= 11 is 4.05. The van der Waals surface area contributed by atoms with Crippen LogP contribution in [0.3, 0.4) is 0 Å². The number of ketones is 1. The summed E-state index contributed by atoms with van der Waals surface area (Å²) in [5, 5.41) is 0. The molecule has 0 aromatic carbocycles. The summed E-state index contributed by atoms with van der Waals surface area (Å²) in [5.74, 6) is 1.01. The van der Waals surface area contributed by atoms with Gasteiger partial charge in [-0.3, -0.25) is 4.79 Å². The van der Waals surface area contributed by atoms with Crippen LogP contribution in [0.5, 0.6) is 0 Å². The molecular formula is C16H17BrO5. The molecule has 8 fully saturated rings. The molecule has 8 rings (SSSR count). The average Bonchev–Trinajstić information content (AvgIpc) is 3.23. The number of Topliss-reactive ketones (excluding diaryl/α,β-unsaturated/α-hetero) is 1. The minimum absolute atomic E-state index is 0.126. The third-order valence-electron chi connectivity index (χ3n) is 8.35. The second kappa shape index (κ2) is 2.99. The van der Waals surface area contributed by atoms with Gasteiger partial charge in [-0.2, -0.15) is 0 Å². The first-order chi connectivity index (χ1) is 10.6. The SMILES string of the molecule is CC(=O)[C@]12[C@H]3[C@H]4[C@H]([C@@H]5[C@@H]1[C@H]3[C@@]4(Br)C51OCCO1)C21OCCO1. The summed E-state index contributed by atoms with van der Waals surface area (Å²) in [7, 11) is 0. The highest BCUT2D eigenvalue weighted by Crippen LogP contribution is 3.01. The lowest BCUT2D eigenvalue weighted by Crippen LogP contribution is -2.77. The van der Waals surface area contributed by atoms with Crippen molar-refractivity contribution in [1.82, 2.24) is 0 Å². The molecule has 5 nitrogen and oxygen atoms in total. The lowest BCUT2D eigenvalue weighted by molar-refractivity contribution is -0.282. The molecule has 2 saturated heterocycles. The fourth-order valence-electron chi connectivity index (χ4n) is 8.55. The third-order valence-corrected chi connectivity index (χ3v) is 9.96. The molecule has 8 aliphatic rings. The molecule has 8 atom stereocenters. The Kier molecular flexibility index (Phi) is 1.68. The summed E-state index contributed by atoms with van der Waals surface area (Å²) in [6.45, 7) is 4.23. The van der Waals surface area contributed by atoms with Gasteiger partial charge in [-0.1, -0.05) is 15.9 Å². The predicted molar refractivity (Wildman–Crippen MR) is 75.0 cm³/mol. The quantitative estimate of drug-likeness (QED) is 0.645. The van der Waals surface area contributed by atoms with Crippen molar-refractivity contribution in [1.29, 1.82) is 0 Å². The van der Waals surface area contributed by atoms with E-state index in [1.165, 1.54) is 0 Å². The van der Waals surface area contributed by atoms with E-state index >= 15 is 0 Å². The highest BCUT2D eigenvalue weighted by molar-refractivity contribution is 9.10. The normalized spacial score (nSPS) is 65.5. The molecule has 22 heavy (non-hydrogen) atoms. The molecule has 4 bridgehead atoms. The summed E-state index contributed by atoms with van der Waals surface area (Å²) in [5.41, 5.74) is -0.440. The van der Waals surface area contributed by atoms with Gasteiger partial charge >= 0.3 is 0 Å². The number of halogens is 1. The monoisotopic (exact) mass is 368 g/mol. The third kappa shape index (κ3) is 0.693. The Hall–Kier alpha value is -0.0100. The first-order valence-corrected chi connectivity index (χ1v) is 9.14. The van der Waals surface area contributed by atoms with Crippen LogP contribution in [0.1, 0.15) is 6.92 Å². The topological polar surface area (TPSA) is 54.0 Å². The summed E-state index contributed by atoms with van der Waals surface area (Å²) in [6, 6.07) is 0. The number of alkyl halides is 1. The van der Waals surface area contributed by atoms with Gasteiger partial charge in [0, 0.05) is 11.8 Å². The number of carbonyl (C=O) groups excluding carboxylic acids is 1. The van der Waals surface area contributed by atoms with Crippen LogP contribution in [0.25, 0.3) is 0 Å². The van der Waals surface area contributed by atoms with Crippen LogP contribution < -0.4 is 0 Å². The van der Waals surface area contributed by atoms with Crippen LogP contribution in [0.15, 0.2) is 0 Å². The van der Waals surface area contributed by atoms with E-state index in [1.54, 1.807) is 6.92 Å². The van der Waals surface area contributed by atoms with Crippen molar-refractivity contribution >= 4 is 21.7 Å². The molecule has 6 saturated carbocycles. The van der Waals surface area contributed by atoms with Gasteiger partial charge in [-0.15, -0.1) is 0 Å². The van der Waals surface area contributed by atoms with Gasteiger partial charge in [0.05, 0.1) is 36.2 Å². The number of hydrogen-bond donors (Lipinski definition) is 0. The van der Waals surface area contributed by atoms with Gasteiger partial charge < -0.3 is 18.9 Å². The maximum absolute atomic E-state index is 12.8. The van der Waals surface area contributed by atoms with Crippen molar-refractivity contribution in [3.05, 3.63) is 0 Å². The average molecular weight is 369 g/mol. The Balaban J connectivity index is 1.54. The number of ether oxygens (including phenoxy) is 4. The van der Waals surface area contributed by atoms with Crippen LogP contribution in [0.2, 0.25) is 0 Å². The summed E-state index contributed by atoms with van der Waals surface area (Å²) < 4.78 is 24.8. The Labute approximate surface area is 136 Å². The molecule has 118 valence electrons. The first kappa shape index (κ1) is 12.4. The number of carbonyl (C=O) groups is 1. The molecular weight excluding hydrogens is 352 g/mol. The maximum Gasteiger partial charge on any atom is 0.188 e. The van der Waals surface area contributed by atoms with Crippen molar-refractivity contribution in [3.8, 4) is 0 Å². The molecule has 0 radical (unpaired) electrons. The minimum Gasteiger partial charge on any atom is -0.346 e. The van der Waals surface area contributed by atoms with Crippen LogP contribution in [-0.4, -0.2) is 48.1 Å². The molecule has 0 amide bonds. The van der Waals surface area contributed by atoms with E-state index in [9.17, 15) is 4.79 Å². The molecule has 0 aromatic rings. The van der Waals surface area contributed by atoms with Crippen LogP contribution in [-0.2, 0) is 23.7 Å². The molecule has 2 heterocycles. The Bertz CT molecular complexity index is 653. The van der Waals surface area contributed by atoms with Crippen LogP contribution in [0.4, 0.5) is 0 Å². The Morgan fingerprint density at radius 2 is 1.27 bits per heavy atom. The molecule has 0 unspecified atom stereocenters. The molecule has 6 heteroatoms. The second-order valence-corrected chi connectivity index (χ2v) is 9.39. The largest absolute Gasteiger partial charge is 0.346 e. The van der Waals surface area contributed by atoms with Crippen LogP contribution >= 0.6 is 15.9 Å². The lowest BCUT2D eigenvalue weighted by atomic mass is 9.34. The van der Waals surface area contributed by atoms with E-state index in [1.807, 2.05) is 0 Å². The number of hydrogen-bond acceptors (Lipinski definition) is 5. The number of rotatable bonds is 1. The molecule has 0 N–H and O–H groups in total.